The van der Waals surface area contributed by atoms with Gasteiger partial charge in [0.15, 0.2) is 5.16 Å². The molecule has 1 aliphatic heterocycles. The molecule has 0 bridgehead atoms. The number of aromatic nitrogens is 2. The van der Waals surface area contributed by atoms with Crippen molar-refractivity contribution in [3.05, 3.63) is 21.3 Å². The molecule has 1 aliphatic rings. The van der Waals surface area contributed by atoms with Gasteiger partial charge < -0.3 is 10.1 Å². The van der Waals surface area contributed by atoms with Crippen LogP contribution in [0.25, 0.3) is 10.2 Å². The Balaban J connectivity index is 1.78. The number of amides is 1. The van der Waals surface area contributed by atoms with Gasteiger partial charge in [0.05, 0.1) is 16.7 Å². The number of thioether (sulfide) groups is 1. The lowest BCUT2D eigenvalue weighted by Crippen LogP contribution is -2.37. The van der Waals surface area contributed by atoms with Crippen LogP contribution in [-0.4, -0.2) is 40.0 Å². The van der Waals surface area contributed by atoms with E-state index < -0.39 is 0 Å². The lowest BCUT2D eigenvalue weighted by Gasteiger charge is -2.16. The average molecular weight is 410 g/mol. The summed E-state index contributed by atoms with van der Waals surface area (Å²) in [4.78, 5) is 32.0. The number of nitrogens with one attached hydrogen (secondary N) is 1. The molecule has 148 valence electrons. The Labute approximate surface area is 167 Å². The zero-order chi connectivity index (χ0) is 19.4. The first kappa shape index (κ1) is 20.4. The molecule has 6 nitrogen and oxygen atoms in total. The van der Waals surface area contributed by atoms with Crippen LogP contribution < -0.4 is 10.9 Å². The molecule has 0 aromatic carbocycles. The van der Waals surface area contributed by atoms with E-state index in [0.29, 0.717) is 23.6 Å². The summed E-state index contributed by atoms with van der Waals surface area (Å²) in [5.74, 6) is -0.0479. The highest BCUT2D eigenvalue weighted by molar-refractivity contribution is 8.00. The van der Waals surface area contributed by atoms with E-state index >= 15 is 0 Å². The topological polar surface area (TPSA) is 73.2 Å². The predicted octanol–water partition coefficient (Wildman–Crippen LogP) is 3.21. The smallest absolute Gasteiger partial charge is 0.262 e. The van der Waals surface area contributed by atoms with E-state index in [1.165, 1.54) is 11.8 Å². The summed E-state index contributed by atoms with van der Waals surface area (Å²) in [6.07, 6.45) is 3.90. The van der Waals surface area contributed by atoms with E-state index in [-0.39, 0.29) is 22.8 Å². The fraction of sp³-hybridized carbons (Fsp3) is 0.632. The summed E-state index contributed by atoms with van der Waals surface area (Å²) < 4.78 is 7.26. The van der Waals surface area contributed by atoms with Crippen molar-refractivity contribution in [2.45, 2.75) is 69.5 Å². The maximum atomic E-state index is 12.9. The number of fused-ring (bicyclic) bond motifs is 1. The first-order valence-electron chi connectivity index (χ1n) is 9.62. The number of thiophene rings is 1. The Morgan fingerprint density at radius 3 is 3.00 bits per heavy atom. The zero-order valence-electron chi connectivity index (χ0n) is 16.1. The van der Waals surface area contributed by atoms with Crippen LogP contribution >= 0.6 is 23.1 Å². The highest BCUT2D eigenvalue weighted by Gasteiger charge is 2.22. The number of hydrogen-bond acceptors (Lipinski definition) is 6. The van der Waals surface area contributed by atoms with Gasteiger partial charge in [-0.1, -0.05) is 25.6 Å². The minimum absolute atomic E-state index is 0.00716. The van der Waals surface area contributed by atoms with Gasteiger partial charge in [-0.2, -0.15) is 0 Å². The van der Waals surface area contributed by atoms with E-state index in [0.717, 1.165) is 42.0 Å². The van der Waals surface area contributed by atoms with E-state index in [2.05, 4.69) is 12.2 Å². The van der Waals surface area contributed by atoms with E-state index in [1.54, 1.807) is 15.9 Å². The lowest BCUT2D eigenvalue weighted by atomic mass is 10.2. The molecule has 1 fully saturated rings. The predicted molar refractivity (Wildman–Crippen MR) is 111 cm³/mol. The third-order valence-corrected chi connectivity index (χ3v) is 6.91. The molecule has 2 aromatic rings. The third kappa shape index (κ3) is 4.73. The lowest BCUT2D eigenvalue weighted by molar-refractivity contribution is -0.120. The van der Waals surface area contributed by atoms with Gasteiger partial charge in [-0.3, -0.25) is 14.2 Å². The molecule has 1 amide bonds. The zero-order valence-corrected chi connectivity index (χ0v) is 17.8. The Hall–Kier alpha value is -1.38. The maximum Gasteiger partial charge on any atom is 0.262 e. The number of carbonyl (C=O) groups is 1. The monoisotopic (exact) mass is 409 g/mol. The second-order valence-electron chi connectivity index (χ2n) is 6.78. The van der Waals surface area contributed by atoms with Crippen LogP contribution in [0, 0.1) is 0 Å². The quantitative estimate of drug-likeness (QED) is 0.535. The molecule has 0 unspecified atom stereocenters. The van der Waals surface area contributed by atoms with Crippen LogP contribution in [-0.2, 0) is 22.5 Å². The van der Waals surface area contributed by atoms with Crippen molar-refractivity contribution >= 4 is 39.2 Å². The minimum atomic E-state index is -0.329. The summed E-state index contributed by atoms with van der Waals surface area (Å²) in [5.41, 5.74) is -0.00716. The van der Waals surface area contributed by atoms with Gasteiger partial charge in [-0.25, -0.2) is 4.98 Å². The van der Waals surface area contributed by atoms with Crippen LogP contribution in [0.5, 0.6) is 0 Å². The van der Waals surface area contributed by atoms with Crippen molar-refractivity contribution < 1.29 is 9.53 Å². The van der Waals surface area contributed by atoms with Gasteiger partial charge in [-0.15, -0.1) is 11.3 Å². The summed E-state index contributed by atoms with van der Waals surface area (Å²) in [6.45, 7) is 7.89. The Kier molecular flexibility index (Phi) is 6.94. The average Bonchev–Trinajstić information content (AvgIpc) is 3.32. The molecule has 8 heteroatoms. The second-order valence-corrected chi connectivity index (χ2v) is 9.20. The number of nitrogens with zero attached hydrogens (tertiary/aromatic N) is 2. The summed E-state index contributed by atoms with van der Waals surface area (Å²) in [7, 11) is 0. The molecule has 0 spiro atoms. The minimum Gasteiger partial charge on any atom is -0.376 e. The fourth-order valence-corrected chi connectivity index (χ4v) is 5.07. The standard InChI is InChI=1S/C19H27N3O3S2/c1-4-8-22-18(24)15-10-14(5-2)27-17(15)21-19(22)26-12(3)16(23)20-11-13-7-6-9-25-13/h10,12-13H,4-9,11H2,1-3H3,(H,20,23)/t12-,13+/m0/s1. The molecule has 0 aliphatic carbocycles. The van der Waals surface area contributed by atoms with E-state index in [9.17, 15) is 9.59 Å². The van der Waals surface area contributed by atoms with Crippen LogP contribution in [0.4, 0.5) is 0 Å². The first-order valence-corrected chi connectivity index (χ1v) is 11.3. The fourth-order valence-electron chi connectivity index (χ4n) is 3.11. The molecule has 1 N–H and O–H groups in total. The van der Waals surface area contributed by atoms with Crippen LogP contribution in [0.1, 0.15) is 44.9 Å². The van der Waals surface area contributed by atoms with Crippen molar-refractivity contribution in [3.8, 4) is 0 Å². The molecule has 0 radical (unpaired) electrons. The Bertz CT molecular complexity index is 856. The molecule has 27 heavy (non-hydrogen) atoms. The van der Waals surface area contributed by atoms with Gasteiger partial charge in [0.2, 0.25) is 5.91 Å². The molecular weight excluding hydrogens is 382 g/mol. The molecule has 3 heterocycles. The van der Waals surface area contributed by atoms with Crippen LogP contribution in [0.3, 0.4) is 0 Å². The second kappa shape index (κ2) is 9.21. The molecule has 0 saturated carbocycles. The van der Waals surface area contributed by atoms with Crippen molar-refractivity contribution in [1.82, 2.24) is 14.9 Å². The van der Waals surface area contributed by atoms with Gasteiger partial charge in [0.1, 0.15) is 4.83 Å². The number of ether oxygens (including phenoxy) is 1. The Morgan fingerprint density at radius 2 is 2.33 bits per heavy atom. The highest BCUT2D eigenvalue weighted by atomic mass is 32.2. The Morgan fingerprint density at radius 1 is 1.52 bits per heavy atom. The van der Waals surface area contributed by atoms with Gasteiger partial charge in [-0.05, 0) is 38.7 Å². The number of hydrogen-bond donors (Lipinski definition) is 1. The van der Waals surface area contributed by atoms with Crippen molar-refractivity contribution in [3.63, 3.8) is 0 Å². The van der Waals surface area contributed by atoms with E-state index in [4.69, 9.17) is 9.72 Å². The normalized spacial score (nSPS) is 18.1. The molecule has 3 rings (SSSR count). The van der Waals surface area contributed by atoms with Crippen LogP contribution in [0.2, 0.25) is 0 Å². The highest BCUT2D eigenvalue weighted by Crippen LogP contribution is 2.27. The largest absolute Gasteiger partial charge is 0.376 e. The van der Waals surface area contributed by atoms with Crippen LogP contribution in [0.15, 0.2) is 16.0 Å². The summed E-state index contributed by atoms with van der Waals surface area (Å²) in [6, 6.07) is 1.95. The molecule has 1 saturated heterocycles. The first-order chi connectivity index (χ1) is 13.0. The molecule has 2 aromatic heterocycles. The number of rotatable bonds is 8. The number of carbonyl (C=O) groups excluding carboxylic acids is 1. The molecular formula is C19H27N3O3S2. The van der Waals surface area contributed by atoms with Gasteiger partial charge in [0.25, 0.3) is 5.56 Å². The maximum absolute atomic E-state index is 12.9. The van der Waals surface area contributed by atoms with E-state index in [1.807, 2.05) is 19.9 Å². The third-order valence-electron chi connectivity index (χ3n) is 4.64. The SMILES string of the molecule is CCCn1c(S[C@@H](C)C(=O)NC[C@H]2CCCO2)nc2sc(CC)cc2c1=O. The van der Waals surface area contributed by atoms with Crippen molar-refractivity contribution in [2.75, 3.05) is 13.2 Å². The van der Waals surface area contributed by atoms with Crippen molar-refractivity contribution in [2.24, 2.45) is 0 Å². The van der Waals surface area contributed by atoms with Gasteiger partial charge >= 0.3 is 0 Å². The summed E-state index contributed by atoms with van der Waals surface area (Å²) >= 11 is 2.91. The summed E-state index contributed by atoms with van der Waals surface area (Å²) in [5, 5.41) is 3.94. The van der Waals surface area contributed by atoms with Crippen molar-refractivity contribution in [1.29, 1.82) is 0 Å². The van der Waals surface area contributed by atoms with Gasteiger partial charge in [0, 0.05) is 24.6 Å². The number of aryl methyl sites for hydroxylation is 1. The molecule has 2 atom stereocenters.